The van der Waals surface area contributed by atoms with E-state index in [4.69, 9.17) is 11.6 Å². The van der Waals surface area contributed by atoms with Gasteiger partial charge >= 0.3 is 0 Å². The summed E-state index contributed by atoms with van der Waals surface area (Å²) in [5, 5.41) is 24.7. The van der Waals surface area contributed by atoms with Crippen molar-refractivity contribution in [2.75, 3.05) is 13.1 Å². The normalized spacial score (nSPS) is 25.9. The van der Waals surface area contributed by atoms with Gasteiger partial charge in [-0.05, 0) is 48.1 Å². The number of nitrogens with one attached hydrogen (secondary N) is 1. The van der Waals surface area contributed by atoms with Gasteiger partial charge in [0.15, 0.2) is 0 Å². The van der Waals surface area contributed by atoms with Gasteiger partial charge in [-0.2, -0.15) is 0 Å². The fourth-order valence-corrected chi connectivity index (χ4v) is 5.84. The van der Waals surface area contributed by atoms with Crippen molar-refractivity contribution in [3.8, 4) is 0 Å². The summed E-state index contributed by atoms with van der Waals surface area (Å²) in [5.41, 5.74) is 0.824. The number of aliphatic hydroxyl groups excluding tert-OH is 1. The number of rotatable bonds is 6. The van der Waals surface area contributed by atoms with E-state index in [0.717, 1.165) is 36.0 Å². The second kappa shape index (κ2) is 10.3. The summed E-state index contributed by atoms with van der Waals surface area (Å²) in [6.07, 6.45) is 3.09. The van der Waals surface area contributed by atoms with Crippen LogP contribution in [0.15, 0.2) is 48.5 Å². The molecule has 1 saturated carbocycles. The fourth-order valence-electron chi connectivity index (χ4n) is 5.72. The first-order chi connectivity index (χ1) is 16.6. The third-order valence-electron chi connectivity index (χ3n) is 7.80. The summed E-state index contributed by atoms with van der Waals surface area (Å²) in [4.78, 5) is 28.2. The number of carbonyl (C=O) groups is 2. The number of nitrogens with zero attached hydrogens (tertiary/aromatic N) is 1. The molecule has 2 fully saturated rings. The van der Waals surface area contributed by atoms with Crippen molar-refractivity contribution in [2.45, 2.75) is 64.2 Å². The Hall–Kier alpha value is -2.41. The number of amides is 2. The van der Waals surface area contributed by atoms with Crippen molar-refractivity contribution in [3.63, 3.8) is 0 Å². The van der Waals surface area contributed by atoms with E-state index >= 15 is 0 Å². The SMILES string of the molecule is CC1(C)CN(C(=O)[C@H]2CCC[C@H]2NC(=O)Cc2cccc(CO)c2)CC[C@]1(O)c1ccc(Cl)cc1. The monoisotopic (exact) mass is 498 g/mol. The lowest BCUT2D eigenvalue weighted by Gasteiger charge is -2.51. The number of hydrogen-bond acceptors (Lipinski definition) is 4. The molecule has 1 aliphatic carbocycles. The van der Waals surface area contributed by atoms with Crippen LogP contribution in [0, 0.1) is 11.3 Å². The van der Waals surface area contributed by atoms with E-state index in [9.17, 15) is 19.8 Å². The zero-order valence-electron chi connectivity index (χ0n) is 20.5. The predicted molar refractivity (Wildman–Crippen MR) is 136 cm³/mol. The zero-order chi connectivity index (χ0) is 25.2. The Labute approximate surface area is 212 Å². The highest BCUT2D eigenvalue weighted by Crippen LogP contribution is 2.46. The molecule has 2 aromatic rings. The molecule has 2 aliphatic rings. The molecule has 0 radical (unpaired) electrons. The summed E-state index contributed by atoms with van der Waals surface area (Å²) in [6.45, 7) is 4.83. The van der Waals surface area contributed by atoms with E-state index in [0.29, 0.717) is 24.5 Å². The van der Waals surface area contributed by atoms with Crippen molar-refractivity contribution >= 4 is 23.4 Å². The number of aliphatic hydroxyl groups is 2. The minimum atomic E-state index is -1.05. The van der Waals surface area contributed by atoms with Crippen molar-refractivity contribution < 1.29 is 19.8 Å². The largest absolute Gasteiger partial charge is 0.392 e. The van der Waals surface area contributed by atoms with E-state index < -0.39 is 11.0 Å². The third-order valence-corrected chi connectivity index (χ3v) is 8.05. The Balaban J connectivity index is 1.40. The van der Waals surface area contributed by atoms with Gasteiger partial charge in [-0.3, -0.25) is 9.59 Å². The smallest absolute Gasteiger partial charge is 0.227 e. The van der Waals surface area contributed by atoms with E-state index in [1.54, 1.807) is 12.1 Å². The minimum Gasteiger partial charge on any atom is -0.392 e. The number of hydrogen-bond donors (Lipinski definition) is 3. The Bertz CT molecular complexity index is 1070. The molecule has 1 heterocycles. The first-order valence-corrected chi connectivity index (χ1v) is 12.8. The van der Waals surface area contributed by atoms with Crippen LogP contribution >= 0.6 is 11.6 Å². The van der Waals surface area contributed by atoms with Gasteiger partial charge in [-0.15, -0.1) is 0 Å². The molecule has 6 nitrogen and oxygen atoms in total. The van der Waals surface area contributed by atoms with E-state index in [1.165, 1.54) is 0 Å². The molecule has 2 aromatic carbocycles. The second-order valence-corrected chi connectivity index (χ2v) is 11.1. The van der Waals surface area contributed by atoms with Crippen LogP contribution in [-0.4, -0.2) is 46.1 Å². The van der Waals surface area contributed by atoms with Gasteiger partial charge in [0.1, 0.15) is 0 Å². The number of carbonyl (C=O) groups excluding carboxylic acids is 2. The highest BCUT2D eigenvalue weighted by Gasteiger charge is 2.50. The van der Waals surface area contributed by atoms with Crippen LogP contribution in [0.2, 0.25) is 5.02 Å². The van der Waals surface area contributed by atoms with Gasteiger partial charge < -0.3 is 20.4 Å². The van der Waals surface area contributed by atoms with E-state index in [1.807, 2.05) is 55.1 Å². The van der Waals surface area contributed by atoms with Crippen LogP contribution in [0.1, 0.15) is 56.2 Å². The van der Waals surface area contributed by atoms with E-state index in [2.05, 4.69) is 5.32 Å². The Kier molecular flexibility index (Phi) is 7.55. The van der Waals surface area contributed by atoms with Gasteiger partial charge in [0.25, 0.3) is 0 Å². The maximum atomic E-state index is 13.6. The molecule has 2 amide bonds. The molecule has 3 N–H and O–H groups in total. The lowest BCUT2D eigenvalue weighted by Crippen LogP contribution is -2.58. The van der Waals surface area contributed by atoms with Crippen LogP contribution in [0.25, 0.3) is 0 Å². The summed E-state index contributed by atoms with van der Waals surface area (Å²) in [7, 11) is 0. The molecule has 1 aliphatic heterocycles. The highest BCUT2D eigenvalue weighted by atomic mass is 35.5. The lowest BCUT2D eigenvalue weighted by atomic mass is 9.66. The van der Waals surface area contributed by atoms with Crippen LogP contribution in [-0.2, 0) is 28.2 Å². The summed E-state index contributed by atoms with van der Waals surface area (Å²) >= 11 is 6.04. The van der Waals surface area contributed by atoms with Crippen molar-refractivity contribution in [1.29, 1.82) is 0 Å². The van der Waals surface area contributed by atoms with Crippen LogP contribution < -0.4 is 5.32 Å². The number of likely N-dealkylation sites (tertiary alicyclic amines) is 1. The zero-order valence-corrected chi connectivity index (χ0v) is 21.2. The Morgan fingerprint density at radius 2 is 1.83 bits per heavy atom. The number of piperidine rings is 1. The molecule has 0 aromatic heterocycles. The molecule has 0 bridgehead atoms. The Morgan fingerprint density at radius 1 is 1.11 bits per heavy atom. The number of benzene rings is 2. The lowest BCUT2D eigenvalue weighted by molar-refractivity contribution is -0.157. The molecule has 35 heavy (non-hydrogen) atoms. The Morgan fingerprint density at radius 3 is 2.51 bits per heavy atom. The molecule has 7 heteroatoms. The van der Waals surface area contributed by atoms with Crippen molar-refractivity contribution in [2.24, 2.45) is 11.3 Å². The average Bonchev–Trinajstić information content (AvgIpc) is 3.28. The van der Waals surface area contributed by atoms with Gasteiger partial charge in [0.05, 0.1) is 24.5 Å². The molecular formula is C28H35ClN2O4. The maximum absolute atomic E-state index is 13.6. The molecule has 188 valence electrons. The van der Waals surface area contributed by atoms with Gasteiger partial charge in [0, 0.05) is 29.6 Å². The van der Waals surface area contributed by atoms with Crippen molar-refractivity contribution in [3.05, 3.63) is 70.2 Å². The summed E-state index contributed by atoms with van der Waals surface area (Å²) < 4.78 is 0. The molecule has 1 saturated heterocycles. The molecule has 0 unspecified atom stereocenters. The first kappa shape index (κ1) is 25.7. The van der Waals surface area contributed by atoms with Crippen LogP contribution in [0.5, 0.6) is 0 Å². The van der Waals surface area contributed by atoms with Gasteiger partial charge in [-0.25, -0.2) is 0 Å². The fraction of sp³-hybridized carbons (Fsp3) is 0.500. The topological polar surface area (TPSA) is 89.9 Å². The van der Waals surface area contributed by atoms with E-state index in [-0.39, 0.29) is 36.8 Å². The first-order valence-electron chi connectivity index (χ1n) is 12.4. The minimum absolute atomic E-state index is 0.0568. The van der Waals surface area contributed by atoms with Crippen LogP contribution in [0.4, 0.5) is 0 Å². The number of halogens is 1. The standard InChI is InChI=1S/C28H35ClN2O4/c1-27(2)18-31(14-13-28(27,35)21-9-11-22(29)12-10-21)26(34)23-7-4-8-24(23)30-25(33)16-19-5-3-6-20(15-19)17-32/h3,5-6,9-12,15,23-24,32,35H,4,7-8,13-14,16-18H2,1-2H3,(H,30,33)/t23-,24+,28-/m0/s1. The molecule has 3 atom stereocenters. The average molecular weight is 499 g/mol. The third kappa shape index (κ3) is 5.40. The molecule has 4 rings (SSSR count). The van der Waals surface area contributed by atoms with Crippen molar-refractivity contribution in [1.82, 2.24) is 10.2 Å². The summed E-state index contributed by atoms with van der Waals surface area (Å²) in [5.74, 6) is -0.303. The maximum Gasteiger partial charge on any atom is 0.227 e. The highest BCUT2D eigenvalue weighted by molar-refractivity contribution is 6.30. The van der Waals surface area contributed by atoms with Crippen LogP contribution in [0.3, 0.4) is 0 Å². The second-order valence-electron chi connectivity index (χ2n) is 10.6. The van der Waals surface area contributed by atoms with Gasteiger partial charge in [-0.1, -0.05) is 68.3 Å². The quantitative estimate of drug-likeness (QED) is 0.565. The predicted octanol–water partition coefficient (Wildman–Crippen LogP) is 3.81. The molecule has 0 spiro atoms. The molecular weight excluding hydrogens is 464 g/mol. The van der Waals surface area contributed by atoms with Gasteiger partial charge in [0.2, 0.25) is 11.8 Å². The summed E-state index contributed by atoms with van der Waals surface area (Å²) in [6, 6.07) is 14.5.